The molecule has 30 heavy (non-hydrogen) atoms. The molecule has 0 unspecified atom stereocenters. The molecule has 3 heterocycles. The van der Waals surface area contributed by atoms with Crippen LogP contribution in [0.25, 0.3) is 21.0 Å². The fourth-order valence-corrected chi connectivity index (χ4v) is 4.75. The molecule has 0 saturated heterocycles. The Morgan fingerprint density at radius 1 is 1.07 bits per heavy atom. The highest BCUT2D eigenvalue weighted by atomic mass is 32.2. The number of amides is 1. The van der Waals surface area contributed by atoms with Crippen LogP contribution in [0, 0.1) is 0 Å². The van der Waals surface area contributed by atoms with Gasteiger partial charge in [-0.2, -0.15) is 0 Å². The molecular weight excluding hydrogens is 420 g/mol. The number of rotatable bonds is 6. The molecule has 1 N–H and O–H groups in total. The molecular formula is C22H18N2O4S2. The van der Waals surface area contributed by atoms with Gasteiger partial charge in [0.1, 0.15) is 19.0 Å². The quantitative estimate of drug-likeness (QED) is 0.439. The van der Waals surface area contributed by atoms with Gasteiger partial charge in [-0.05, 0) is 42.5 Å². The fraction of sp³-hybridized carbons (Fsp3) is 0.182. The monoisotopic (exact) mass is 438 g/mol. The van der Waals surface area contributed by atoms with E-state index >= 15 is 0 Å². The molecule has 0 aliphatic carbocycles. The number of thiazole rings is 1. The van der Waals surface area contributed by atoms with Crippen molar-refractivity contribution in [1.29, 1.82) is 0 Å². The number of nitrogens with zero attached hydrogens (tertiary/aromatic N) is 1. The number of furan rings is 1. The van der Waals surface area contributed by atoms with Crippen LogP contribution < -0.4 is 14.8 Å². The van der Waals surface area contributed by atoms with Crippen LogP contribution in [0.2, 0.25) is 0 Å². The average molecular weight is 439 g/mol. The Balaban J connectivity index is 1.15. The lowest BCUT2D eigenvalue weighted by molar-refractivity contribution is -0.118. The molecule has 0 radical (unpaired) electrons. The van der Waals surface area contributed by atoms with Gasteiger partial charge in [0.05, 0.1) is 22.5 Å². The lowest BCUT2D eigenvalue weighted by Crippen LogP contribution is -2.24. The summed E-state index contributed by atoms with van der Waals surface area (Å²) in [5.41, 5.74) is 0.958. The van der Waals surface area contributed by atoms with Crippen LogP contribution in [0.4, 0.5) is 0 Å². The molecule has 2 aromatic heterocycles. The summed E-state index contributed by atoms with van der Waals surface area (Å²) in [6.07, 6.45) is 0. The van der Waals surface area contributed by atoms with Crippen molar-refractivity contribution in [2.45, 2.75) is 11.4 Å². The maximum absolute atomic E-state index is 12.2. The Bertz CT molecular complexity index is 1170. The van der Waals surface area contributed by atoms with Crippen LogP contribution in [0.5, 0.6) is 11.5 Å². The average Bonchev–Trinajstić information content (AvgIpc) is 3.43. The van der Waals surface area contributed by atoms with Crippen LogP contribution in [-0.2, 0) is 11.3 Å². The van der Waals surface area contributed by atoms with Crippen LogP contribution in [0.15, 0.2) is 63.9 Å². The number of carbonyl (C=O) groups excluding carboxylic acids is 1. The zero-order valence-electron chi connectivity index (χ0n) is 15.9. The van der Waals surface area contributed by atoms with Crippen molar-refractivity contribution in [1.82, 2.24) is 10.3 Å². The Hall–Kier alpha value is -2.97. The maximum Gasteiger partial charge on any atom is 0.230 e. The Kier molecular flexibility index (Phi) is 5.33. The number of ether oxygens (including phenoxy) is 2. The summed E-state index contributed by atoms with van der Waals surface area (Å²) in [6, 6.07) is 17.5. The van der Waals surface area contributed by atoms with E-state index in [1.165, 1.54) is 11.8 Å². The van der Waals surface area contributed by atoms with E-state index in [4.69, 9.17) is 13.9 Å². The smallest absolute Gasteiger partial charge is 0.230 e. The predicted octanol–water partition coefficient (Wildman–Crippen LogP) is 4.74. The van der Waals surface area contributed by atoms with Gasteiger partial charge in [0.2, 0.25) is 5.91 Å². The van der Waals surface area contributed by atoms with Crippen LogP contribution in [-0.4, -0.2) is 29.9 Å². The highest BCUT2D eigenvalue weighted by Crippen LogP contribution is 2.34. The van der Waals surface area contributed by atoms with Gasteiger partial charge < -0.3 is 19.2 Å². The number of hydrogen-bond donors (Lipinski definition) is 1. The number of aromatic nitrogens is 1. The van der Waals surface area contributed by atoms with Gasteiger partial charge in [-0.3, -0.25) is 4.79 Å². The molecule has 0 atom stereocenters. The first-order valence-corrected chi connectivity index (χ1v) is 11.3. The van der Waals surface area contributed by atoms with Crippen LogP contribution >= 0.6 is 23.1 Å². The van der Waals surface area contributed by atoms with Crippen molar-refractivity contribution in [3.05, 3.63) is 60.4 Å². The minimum Gasteiger partial charge on any atom is -0.486 e. The van der Waals surface area contributed by atoms with Crippen LogP contribution in [0.1, 0.15) is 5.76 Å². The molecule has 0 saturated carbocycles. The first-order chi connectivity index (χ1) is 14.7. The highest BCUT2D eigenvalue weighted by molar-refractivity contribution is 8.00. The minimum atomic E-state index is -0.0622. The summed E-state index contributed by atoms with van der Waals surface area (Å²) < 4.78 is 18.1. The lowest BCUT2D eigenvalue weighted by atomic mass is 10.3. The van der Waals surface area contributed by atoms with Gasteiger partial charge in [-0.15, -0.1) is 23.1 Å². The van der Waals surface area contributed by atoms with Crippen molar-refractivity contribution < 1.29 is 18.7 Å². The number of carbonyl (C=O) groups is 1. The largest absolute Gasteiger partial charge is 0.486 e. The highest BCUT2D eigenvalue weighted by Gasteiger charge is 2.14. The molecule has 0 bridgehead atoms. The molecule has 8 heteroatoms. The van der Waals surface area contributed by atoms with Crippen molar-refractivity contribution >= 4 is 39.2 Å². The molecule has 0 fully saturated rings. The van der Waals surface area contributed by atoms with Gasteiger partial charge in [0, 0.05) is 4.90 Å². The van der Waals surface area contributed by atoms with Crippen LogP contribution in [0.3, 0.4) is 0 Å². The predicted molar refractivity (Wildman–Crippen MR) is 117 cm³/mol. The number of fused-ring (bicyclic) bond motifs is 2. The molecule has 1 amide bonds. The molecule has 6 nitrogen and oxygen atoms in total. The van der Waals surface area contributed by atoms with E-state index in [2.05, 4.69) is 10.3 Å². The summed E-state index contributed by atoms with van der Waals surface area (Å²) in [4.78, 5) is 17.8. The minimum absolute atomic E-state index is 0.0622. The number of hydrogen-bond acceptors (Lipinski definition) is 7. The summed E-state index contributed by atoms with van der Waals surface area (Å²) in [6.45, 7) is 1.45. The van der Waals surface area contributed by atoms with Crippen molar-refractivity contribution in [2.24, 2.45) is 0 Å². The second-order valence-corrected chi connectivity index (χ2v) is 8.70. The molecule has 1 aliphatic heterocycles. The van der Waals surface area contributed by atoms with E-state index < -0.39 is 0 Å². The van der Waals surface area contributed by atoms with E-state index in [0.717, 1.165) is 31.6 Å². The third-order valence-electron chi connectivity index (χ3n) is 4.51. The SMILES string of the molecule is O=C(CSc1ccc2c(c1)OCCO2)NCc1ccc(-c2nc3ccccc3s2)o1. The van der Waals surface area contributed by atoms with E-state index in [-0.39, 0.29) is 5.91 Å². The Morgan fingerprint density at radius 3 is 2.83 bits per heavy atom. The normalized spacial score (nSPS) is 12.8. The number of benzene rings is 2. The summed E-state index contributed by atoms with van der Waals surface area (Å²) >= 11 is 3.04. The summed E-state index contributed by atoms with van der Waals surface area (Å²) in [7, 11) is 0. The van der Waals surface area contributed by atoms with Crippen molar-refractivity contribution in [3.8, 4) is 22.3 Å². The zero-order chi connectivity index (χ0) is 20.3. The molecule has 0 spiro atoms. The zero-order valence-corrected chi connectivity index (χ0v) is 17.6. The Morgan fingerprint density at radius 2 is 1.93 bits per heavy atom. The fourth-order valence-electron chi connectivity index (χ4n) is 3.06. The number of nitrogens with one attached hydrogen (secondary N) is 1. The standard InChI is InChI=1S/C22H18N2O4S2/c25-21(13-29-15-6-8-17-19(11-15)27-10-9-26-17)23-12-14-5-7-18(28-14)22-24-16-3-1-2-4-20(16)30-22/h1-8,11H,9-10,12-13H2,(H,23,25). The lowest BCUT2D eigenvalue weighted by Gasteiger charge is -2.18. The van der Waals surface area contributed by atoms with Crippen molar-refractivity contribution in [2.75, 3.05) is 19.0 Å². The second-order valence-electron chi connectivity index (χ2n) is 6.62. The van der Waals surface area contributed by atoms with Gasteiger partial charge in [-0.1, -0.05) is 12.1 Å². The topological polar surface area (TPSA) is 73.6 Å². The summed E-state index contributed by atoms with van der Waals surface area (Å²) in [5.74, 6) is 3.13. The maximum atomic E-state index is 12.2. The van der Waals surface area contributed by atoms with Gasteiger partial charge >= 0.3 is 0 Å². The third kappa shape index (κ3) is 4.15. The number of para-hydroxylation sites is 1. The number of thioether (sulfide) groups is 1. The van der Waals surface area contributed by atoms with E-state index in [9.17, 15) is 4.79 Å². The first-order valence-electron chi connectivity index (χ1n) is 9.48. The van der Waals surface area contributed by atoms with Gasteiger partial charge in [-0.25, -0.2) is 4.98 Å². The Labute approximate surface area is 181 Å². The van der Waals surface area contributed by atoms with E-state index in [0.29, 0.717) is 37.0 Å². The summed E-state index contributed by atoms with van der Waals surface area (Å²) in [5, 5.41) is 3.73. The van der Waals surface area contributed by atoms with Gasteiger partial charge in [0.15, 0.2) is 22.3 Å². The molecule has 5 rings (SSSR count). The van der Waals surface area contributed by atoms with Crippen molar-refractivity contribution in [3.63, 3.8) is 0 Å². The molecule has 4 aromatic rings. The van der Waals surface area contributed by atoms with Gasteiger partial charge in [0.25, 0.3) is 0 Å². The molecule has 1 aliphatic rings. The second kappa shape index (κ2) is 8.41. The first kappa shape index (κ1) is 19.0. The van der Waals surface area contributed by atoms with E-state index in [1.807, 2.05) is 54.6 Å². The van der Waals surface area contributed by atoms with E-state index in [1.54, 1.807) is 11.3 Å². The molecule has 2 aromatic carbocycles. The molecule has 152 valence electrons. The third-order valence-corrected chi connectivity index (χ3v) is 6.55.